The summed E-state index contributed by atoms with van der Waals surface area (Å²) in [6.45, 7) is -0.148. The lowest BCUT2D eigenvalue weighted by Gasteiger charge is -2.01. The number of rotatable bonds is 4. The Balaban J connectivity index is 2.68. The molecule has 0 spiro atoms. The van der Waals surface area contributed by atoms with Crippen LogP contribution in [0.2, 0.25) is 0 Å². The predicted molar refractivity (Wildman–Crippen MR) is 51.8 cm³/mol. The first kappa shape index (κ1) is 10.7. The van der Waals surface area contributed by atoms with Crippen molar-refractivity contribution in [1.82, 2.24) is 0 Å². The molecule has 0 unspecified atom stereocenters. The smallest absolute Gasteiger partial charge is 0.423 e. The summed E-state index contributed by atoms with van der Waals surface area (Å²) in [6, 6.07) is 6.47. The van der Waals surface area contributed by atoms with Crippen LogP contribution in [0.1, 0.15) is 5.56 Å². The Kier molecular flexibility index (Phi) is 3.61. The molecule has 2 N–H and O–H groups in total. The molecule has 0 saturated heterocycles. The molecule has 0 aliphatic rings. The van der Waals surface area contributed by atoms with Crippen LogP contribution in [0.3, 0.4) is 0 Å². The van der Waals surface area contributed by atoms with E-state index in [1.54, 1.807) is 24.3 Å². The van der Waals surface area contributed by atoms with E-state index >= 15 is 0 Å². The number of hydrogen-bond acceptors (Lipinski definition) is 4. The van der Waals surface area contributed by atoms with Crippen molar-refractivity contribution < 1.29 is 15.0 Å². The van der Waals surface area contributed by atoms with Gasteiger partial charge in [0.1, 0.15) is 0 Å². The lowest BCUT2D eigenvalue weighted by molar-refractivity contribution is -0.479. The Morgan fingerprint density at radius 1 is 1.43 bits per heavy atom. The molecule has 0 aliphatic carbocycles. The Morgan fingerprint density at radius 2 is 2.14 bits per heavy atom. The molecule has 6 heteroatoms. The molecule has 0 radical (unpaired) electrons. The van der Waals surface area contributed by atoms with Crippen molar-refractivity contribution in [3.63, 3.8) is 0 Å². The van der Waals surface area contributed by atoms with E-state index in [4.69, 9.17) is 10.0 Å². The van der Waals surface area contributed by atoms with Crippen LogP contribution in [0.25, 0.3) is 0 Å². The average Bonchev–Trinajstić information content (AvgIpc) is 2.15. The third kappa shape index (κ3) is 3.16. The fourth-order valence-corrected chi connectivity index (χ4v) is 1.13. The van der Waals surface area contributed by atoms with Crippen LogP contribution in [-0.4, -0.2) is 28.6 Å². The standard InChI is InChI=1S/C8H10BNO4/c11-9(12)8-3-1-2-7(6-8)4-5-10(13)14/h1-3,6,11-12H,4-5H2. The minimum Gasteiger partial charge on any atom is -0.423 e. The van der Waals surface area contributed by atoms with Crippen LogP contribution in [-0.2, 0) is 6.42 Å². The van der Waals surface area contributed by atoms with Crippen LogP contribution in [0.15, 0.2) is 24.3 Å². The summed E-state index contributed by atoms with van der Waals surface area (Å²) in [5, 5.41) is 27.8. The maximum Gasteiger partial charge on any atom is 0.488 e. The monoisotopic (exact) mass is 195 g/mol. The summed E-state index contributed by atoms with van der Waals surface area (Å²) in [5.41, 5.74) is 1.08. The van der Waals surface area contributed by atoms with Crippen molar-refractivity contribution in [2.75, 3.05) is 6.54 Å². The third-order valence-corrected chi connectivity index (χ3v) is 1.83. The Hall–Kier alpha value is -1.40. The molecule has 0 saturated carbocycles. The van der Waals surface area contributed by atoms with Crippen molar-refractivity contribution in [2.24, 2.45) is 0 Å². The van der Waals surface area contributed by atoms with Crippen LogP contribution in [0.4, 0.5) is 0 Å². The van der Waals surface area contributed by atoms with Crippen LogP contribution >= 0.6 is 0 Å². The number of hydrogen-bond donors (Lipinski definition) is 2. The zero-order valence-corrected chi connectivity index (χ0v) is 7.46. The van der Waals surface area contributed by atoms with Gasteiger partial charge in [-0.3, -0.25) is 10.1 Å². The summed E-state index contributed by atoms with van der Waals surface area (Å²) in [6.07, 6.45) is 0.299. The molecule has 1 rings (SSSR count). The molecular weight excluding hydrogens is 185 g/mol. The molecule has 0 atom stereocenters. The molecule has 0 fully saturated rings. The second-order valence-corrected chi connectivity index (χ2v) is 2.93. The normalized spacial score (nSPS) is 9.86. The first-order chi connectivity index (χ1) is 6.59. The second-order valence-electron chi connectivity index (χ2n) is 2.93. The quantitative estimate of drug-likeness (QED) is 0.373. The average molecular weight is 195 g/mol. The van der Waals surface area contributed by atoms with Gasteiger partial charge in [-0.1, -0.05) is 24.3 Å². The van der Waals surface area contributed by atoms with E-state index in [0.717, 1.165) is 5.56 Å². The molecule has 0 heterocycles. The van der Waals surface area contributed by atoms with E-state index < -0.39 is 12.0 Å². The van der Waals surface area contributed by atoms with Gasteiger partial charge in [0.2, 0.25) is 6.54 Å². The van der Waals surface area contributed by atoms with Crippen LogP contribution in [0, 0.1) is 10.1 Å². The summed E-state index contributed by atoms with van der Waals surface area (Å²) in [5.74, 6) is 0. The molecule has 14 heavy (non-hydrogen) atoms. The van der Waals surface area contributed by atoms with Gasteiger partial charge in [-0.05, 0) is 11.0 Å². The lowest BCUT2D eigenvalue weighted by atomic mass is 9.79. The molecule has 1 aromatic carbocycles. The fourth-order valence-electron chi connectivity index (χ4n) is 1.13. The highest BCUT2D eigenvalue weighted by Gasteiger charge is 2.11. The molecule has 0 bridgehead atoms. The van der Waals surface area contributed by atoms with E-state index in [1.165, 1.54) is 0 Å². The van der Waals surface area contributed by atoms with Crippen LogP contribution < -0.4 is 5.46 Å². The van der Waals surface area contributed by atoms with E-state index in [9.17, 15) is 10.1 Å². The van der Waals surface area contributed by atoms with E-state index in [2.05, 4.69) is 0 Å². The summed E-state index contributed by atoms with van der Waals surface area (Å²) >= 11 is 0. The first-order valence-electron chi connectivity index (χ1n) is 4.16. The highest BCUT2D eigenvalue weighted by molar-refractivity contribution is 6.58. The van der Waals surface area contributed by atoms with Gasteiger partial charge < -0.3 is 10.0 Å². The zero-order chi connectivity index (χ0) is 10.6. The second kappa shape index (κ2) is 4.73. The minimum atomic E-state index is -1.52. The number of nitrogens with zero attached hydrogens (tertiary/aromatic N) is 1. The van der Waals surface area contributed by atoms with Gasteiger partial charge in [-0.2, -0.15) is 0 Å². The van der Waals surface area contributed by atoms with E-state index in [1.807, 2.05) is 0 Å². The molecule has 0 amide bonds. The molecule has 74 valence electrons. The van der Waals surface area contributed by atoms with Gasteiger partial charge in [0, 0.05) is 11.3 Å². The van der Waals surface area contributed by atoms with Gasteiger partial charge in [0.05, 0.1) is 0 Å². The van der Waals surface area contributed by atoms with Gasteiger partial charge in [-0.25, -0.2) is 0 Å². The highest BCUT2D eigenvalue weighted by Crippen LogP contribution is 1.98. The predicted octanol–water partition coefficient (Wildman–Crippen LogP) is -0.814. The molecule has 0 aliphatic heterocycles. The maximum absolute atomic E-state index is 10.1. The van der Waals surface area contributed by atoms with Crippen molar-refractivity contribution in [3.8, 4) is 0 Å². The molecule has 1 aromatic rings. The van der Waals surface area contributed by atoms with Gasteiger partial charge in [0.25, 0.3) is 0 Å². The lowest BCUT2D eigenvalue weighted by Crippen LogP contribution is -2.30. The topological polar surface area (TPSA) is 83.6 Å². The maximum atomic E-state index is 10.1. The fraction of sp³-hybridized carbons (Fsp3) is 0.250. The molecule has 0 aromatic heterocycles. The summed E-state index contributed by atoms with van der Waals surface area (Å²) in [4.78, 5) is 9.70. The number of benzene rings is 1. The Bertz CT molecular complexity index is 329. The van der Waals surface area contributed by atoms with Crippen molar-refractivity contribution in [2.45, 2.75) is 6.42 Å². The van der Waals surface area contributed by atoms with Gasteiger partial charge in [-0.15, -0.1) is 0 Å². The van der Waals surface area contributed by atoms with Crippen LogP contribution in [0.5, 0.6) is 0 Å². The Labute approximate surface area is 81.3 Å². The van der Waals surface area contributed by atoms with Crippen molar-refractivity contribution in [3.05, 3.63) is 39.9 Å². The van der Waals surface area contributed by atoms with E-state index in [0.29, 0.717) is 11.9 Å². The summed E-state index contributed by atoms with van der Waals surface area (Å²) in [7, 11) is -1.52. The molecular formula is C8H10BNO4. The largest absolute Gasteiger partial charge is 0.488 e. The first-order valence-corrected chi connectivity index (χ1v) is 4.16. The Morgan fingerprint density at radius 3 is 2.71 bits per heavy atom. The van der Waals surface area contributed by atoms with E-state index in [-0.39, 0.29) is 6.54 Å². The third-order valence-electron chi connectivity index (χ3n) is 1.83. The highest BCUT2D eigenvalue weighted by atomic mass is 16.6. The molecule has 5 nitrogen and oxygen atoms in total. The van der Waals surface area contributed by atoms with Gasteiger partial charge in [0.15, 0.2) is 0 Å². The zero-order valence-electron chi connectivity index (χ0n) is 7.46. The minimum absolute atomic E-state index is 0.148. The number of nitro groups is 1. The summed E-state index contributed by atoms with van der Waals surface area (Å²) < 4.78 is 0. The SMILES string of the molecule is O=[N+]([O-])CCc1cccc(B(O)O)c1. The van der Waals surface area contributed by atoms with Gasteiger partial charge >= 0.3 is 7.12 Å². The van der Waals surface area contributed by atoms with Crippen molar-refractivity contribution >= 4 is 12.6 Å². The van der Waals surface area contributed by atoms with Crippen molar-refractivity contribution in [1.29, 1.82) is 0 Å².